The van der Waals surface area contributed by atoms with Crippen LogP contribution in [0.3, 0.4) is 0 Å². The zero-order chi connectivity index (χ0) is 29.9. The third-order valence-corrected chi connectivity index (χ3v) is 8.60. The molecule has 0 spiro atoms. The summed E-state index contributed by atoms with van der Waals surface area (Å²) in [6.45, 7) is 7.07. The third-order valence-electron chi connectivity index (χ3n) is 8.16. The van der Waals surface area contributed by atoms with Crippen molar-refractivity contribution in [1.29, 1.82) is 0 Å². The third kappa shape index (κ3) is 4.81. The summed E-state index contributed by atoms with van der Waals surface area (Å²) < 4.78 is 7.18. The van der Waals surface area contributed by atoms with E-state index in [2.05, 4.69) is 48.2 Å². The Morgan fingerprint density at radius 3 is 2.57 bits per heavy atom. The lowest BCUT2D eigenvalue weighted by Gasteiger charge is -2.27. The number of methoxy groups -OCH3 is 1. The second-order valence-corrected chi connectivity index (χ2v) is 12.0. The Labute approximate surface area is 250 Å². The average molecular weight is 634 g/mol. The molecule has 12 nitrogen and oxygen atoms in total. The maximum Gasteiger partial charge on any atom is 0.316 e. The number of halogens is 1. The minimum atomic E-state index is -0.642. The van der Waals surface area contributed by atoms with E-state index < -0.39 is 6.04 Å². The van der Waals surface area contributed by atoms with Gasteiger partial charge in [0.1, 0.15) is 28.7 Å². The van der Waals surface area contributed by atoms with Gasteiger partial charge in [0.05, 0.1) is 24.0 Å². The number of Topliss-reactive ketones (excluding diaryl/α,β-unsaturated/α-hetero) is 1. The van der Waals surface area contributed by atoms with Gasteiger partial charge in [-0.3, -0.25) is 24.0 Å². The highest BCUT2D eigenvalue weighted by Crippen LogP contribution is 2.59. The Morgan fingerprint density at radius 1 is 1.14 bits per heavy atom. The van der Waals surface area contributed by atoms with Gasteiger partial charge in [0.15, 0.2) is 5.78 Å². The lowest BCUT2D eigenvalue weighted by Crippen LogP contribution is -2.47. The molecule has 2 amide bonds. The Balaban J connectivity index is 1.31. The number of rotatable bonds is 7. The first-order chi connectivity index (χ1) is 20.0. The Hall–Kier alpha value is -4.26. The van der Waals surface area contributed by atoms with Gasteiger partial charge >= 0.3 is 6.01 Å². The van der Waals surface area contributed by atoms with E-state index in [1.54, 1.807) is 36.4 Å². The second-order valence-electron chi connectivity index (χ2n) is 11.2. The summed E-state index contributed by atoms with van der Waals surface area (Å²) >= 11 is 3.35. The van der Waals surface area contributed by atoms with Crippen molar-refractivity contribution < 1.29 is 19.1 Å². The summed E-state index contributed by atoms with van der Waals surface area (Å²) in [7, 11) is 1.49. The van der Waals surface area contributed by atoms with E-state index >= 15 is 0 Å². The molecule has 0 aromatic carbocycles. The number of hydrogen-bond acceptors (Lipinski definition) is 9. The summed E-state index contributed by atoms with van der Waals surface area (Å²) in [4.78, 5) is 59.1. The van der Waals surface area contributed by atoms with Crippen molar-refractivity contribution in [3.8, 4) is 17.3 Å². The standard InChI is InChI=1S/C29H29BrN8O4/c1-14-6-7-22(30)34-26(14)35-27(41)20-9-29(4)10-21(29)38(20)23(40)13-37-25-15(2)33-19(8-18(25)24(36-37)16(3)39)17-11-31-28(42-5)32-12-17/h6-8,11-12,20-21H,9-10,13H2,1-5H3,(H,34,35,41)/t20-,21+,29-/m0/s1. The lowest BCUT2D eigenvalue weighted by atomic mass is 10.0. The number of piperidine rings is 1. The number of carbonyl (C=O) groups is 3. The van der Waals surface area contributed by atoms with Crippen LogP contribution in [0.25, 0.3) is 22.2 Å². The van der Waals surface area contributed by atoms with Crippen LogP contribution in [0.2, 0.25) is 0 Å². The molecule has 2 aliphatic rings. The number of carbonyl (C=O) groups excluding carboxylic acids is 3. The van der Waals surface area contributed by atoms with Crippen LogP contribution in [0.5, 0.6) is 6.01 Å². The van der Waals surface area contributed by atoms with E-state index in [0.29, 0.717) is 44.7 Å². The molecule has 1 aliphatic carbocycles. The number of nitrogens with one attached hydrogen (secondary N) is 1. The van der Waals surface area contributed by atoms with Gasteiger partial charge in [0.2, 0.25) is 11.8 Å². The topological polar surface area (TPSA) is 145 Å². The maximum atomic E-state index is 13.9. The van der Waals surface area contributed by atoms with Gasteiger partial charge in [-0.25, -0.2) is 15.0 Å². The monoisotopic (exact) mass is 632 g/mol. The van der Waals surface area contributed by atoms with Crippen molar-refractivity contribution in [2.45, 2.75) is 59.2 Å². The number of aromatic nitrogens is 6. The minimum absolute atomic E-state index is 0.0349. The SMILES string of the molecule is COc1ncc(-c2cc3c(C(C)=O)nn(CC(=O)N4[C@H](C(=O)Nc5nc(Br)ccc5C)C[C@@]5(C)C[C@@H]45)c3c(C)n2)cn1. The quantitative estimate of drug-likeness (QED) is 0.237. The second kappa shape index (κ2) is 10.2. The van der Waals surface area contributed by atoms with E-state index in [4.69, 9.17) is 9.72 Å². The molecular weight excluding hydrogens is 604 g/mol. The zero-order valence-corrected chi connectivity index (χ0v) is 25.4. The number of nitrogens with zero attached hydrogens (tertiary/aromatic N) is 7. The number of fused-ring (bicyclic) bond motifs is 2. The van der Waals surface area contributed by atoms with Gasteiger partial charge in [0.25, 0.3) is 0 Å². The first-order valence-electron chi connectivity index (χ1n) is 13.5. The molecule has 1 aliphatic heterocycles. The van der Waals surface area contributed by atoms with Gasteiger partial charge in [-0.05, 0) is 65.7 Å². The van der Waals surface area contributed by atoms with Crippen LogP contribution in [0.1, 0.15) is 48.4 Å². The molecule has 1 N–H and O–H groups in total. The molecule has 6 rings (SSSR count). The van der Waals surface area contributed by atoms with Crippen LogP contribution in [-0.2, 0) is 16.1 Å². The Kier molecular flexibility index (Phi) is 6.79. The molecule has 0 bridgehead atoms. The molecule has 13 heteroatoms. The van der Waals surface area contributed by atoms with E-state index in [1.165, 1.54) is 18.7 Å². The lowest BCUT2D eigenvalue weighted by molar-refractivity contribution is -0.138. The Bertz CT molecular complexity index is 1770. The molecule has 4 aromatic rings. The summed E-state index contributed by atoms with van der Waals surface area (Å²) in [5.74, 6) is -0.300. The highest BCUT2D eigenvalue weighted by Gasteiger charge is 2.64. The number of hydrogen-bond donors (Lipinski definition) is 1. The molecule has 42 heavy (non-hydrogen) atoms. The van der Waals surface area contributed by atoms with Crippen LogP contribution in [0, 0.1) is 19.3 Å². The molecule has 216 valence electrons. The average Bonchev–Trinajstić information content (AvgIpc) is 3.30. The molecule has 1 saturated heterocycles. The summed E-state index contributed by atoms with van der Waals surface area (Å²) in [6, 6.07) is 4.98. The first kappa shape index (κ1) is 27.9. The van der Waals surface area contributed by atoms with Crippen LogP contribution >= 0.6 is 15.9 Å². The van der Waals surface area contributed by atoms with Crippen LogP contribution in [0.4, 0.5) is 5.82 Å². The predicted molar refractivity (Wildman–Crippen MR) is 157 cm³/mol. The molecule has 2 fully saturated rings. The number of ketones is 1. The Morgan fingerprint density at radius 2 is 1.88 bits per heavy atom. The summed E-state index contributed by atoms with van der Waals surface area (Å²) in [5.41, 5.74) is 3.34. The molecule has 0 unspecified atom stereocenters. The first-order valence-corrected chi connectivity index (χ1v) is 14.3. The maximum absolute atomic E-state index is 13.9. The minimum Gasteiger partial charge on any atom is -0.467 e. The van der Waals surface area contributed by atoms with Gasteiger partial charge in [-0.15, -0.1) is 0 Å². The smallest absolute Gasteiger partial charge is 0.316 e. The summed E-state index contributed by atoms with van der Waals surface area (Å²) in [6.07, 6.45) is 4.59. The largest absolute Gasteiger partial charge is 0.467 e. The molecule has 0 radical (unpaired) electrons. The highest BCUT2D eigenvalue weighted by molar-refractivity contribution is 9.10. The normalized spacial score (nSPS) is 20.9. The van der Waals surface area contributed by atoms with E-state index in [9.17, 15) is 14.4 Å². The fourth-order valence-corrected chi connectivity index (χ4v) is 6.18. The van der Waals surface area contributed by atoms with Gasteiger partial charge in [-0.1, -0.05) is 13.0 Å². The van der Waals surface area contributed by atoms with Crippen molar-refractivity contribution in [2.75, 3.05) is 12.4 Å². The van der Waals surface area contributed by atoms with Crippen LogP contribution in [-0.4, -0.2) is 71.4 Å². The number of amides is 2. The van der Waals surface area contributed by atoms with E-state index in [-0.39, 0.29) is 47.3 Å². The fourth-order valence-electron chi connectivity index (χ4n) is 5.87. The van der Waals surface area contributed by atoms with Gasteiger partial charge < -0.3 is 15.0 Å². The van der Waals surface area contributed by atoms with Crippen molar-refractivity contribution >= 4 is 50.2 Å². The van der Waals surface area contributed by atoms with Crippen molar-refractivity contribution in [3.05, 3.63) is 52.1 Å². The highest BCUT2D eigenvalue weighted by atomic mass is 79.9. The number of ether oxygens (including phenoxy) is 1. The predicted octanol–water partition coefficient (Wildman–Crippen LogP) is 3.89. The molecule has 4 aromatic heterocycles. The van der Waals surface area contributed by atoms with Gasteiger partial charge in [0, 0.05) is 36.3 Å². The zero-order valence-electron chi connectivity index (χ0n) is 23.8. The fraction of sp³-hybridized carbons (Fsp3) is 0.379. The molecule has 3 atom stereocenters. The number of aryl methyl sites for hydroxylation is 2. The van der Waals surface area contributed by atoms with Crippen molar-refractivity contribution in [1.82, 2.24) is 34.6 Å². The van der Waals surface area contributed by atoms with E-state index in [1.807, 2.05) is 13.0 Å². The van der Waals surface area contributed by atoms with Crippen molar-refractivity contribution in [3.63, 3.8) is 0 Å². The number of likely N-dealkylation sites (tertiary alicyclic amines) is 1. The molecule has 5 heterocycles. The summed E-state index contributed by atoms with van der Waals surface area (Å²) in [5, 5.41) is 8.05. The van der Waals surface area contributed by atoms with E-state index in [0.717, 1.165) is 12.0 Å². The molecular formula is C29H29BrN8O4. The van der Waals surface area contributed by atoms with Crippen LogP contribution in [0.15, 0.2) is 35.2 Å². The van der Waals surface area contributed by atoms with Crippen LogP contribution < -0.4 is 10.1 Å². The molecule has 1 saturated carbocycles. The number of pyridine rings is 2. The number of anilines is 1. The van der Waals surface area contributed by atoms with Crippen molar-refractivity contribution in [2.24, 2.45) is 5.41 Å². The van der Waals surface area contributed by atoms with Gasteiger partial charge in [-0.2, -0.15) is 5.10 Å².